The van der Waals surface area contributed by atoms with Gasteiger partial charge in [-0.25, -0.2) is 0 Å². The molecule has 8 saturated carbocycles. The Morgan fingerprint density at radius 2 is 0.303 bits per heavy atom. The van der Waals surface area contributed by atoms with Crippen LogP contribution in [0.15, 0.2) is 0 Å². The Kier molecular flexibility index (Phi) is 70.8. The first-order valence-electron chi connectivity index (χ1n) is 35.6. The van der Waals surface area contributed by atoms with Crippen LogP contribution >= 0.6 is 0 Å². The molecule has 76 heavy (non-hydrogen) atoms. The lowest BCUT2D eigenvalue weighted by Gasteiger charge is -2.40. The van der Waals surface area contributed by atoms with Gasteiger partial charge in [-0.05, 0) is 170 Å². The minimum Gasteiger partial charge on any atom is -0.0683 e. The number of hydrogen-bond donors (Lipinski definition) is 0. The summed E-state index contributed by atoms with van der Waals surface area (Å²) >= 11 is 0. The highest BCUT2D eigenvalue weighted by molar-refractivity contribution is 4.84. The minimum absolute atomic E-state index is 0.659. The molecule has 0 N–H and O–H groups in total. The summed E-state index contributed by atoms with van der Waals surface area (Å²) in [7, 11) is 0. The molecule has 0 saturated heterocycles. The number of rotatable bonds is 0. The van der Waals surface area contributed by atoms with Crippen molar-refractivity contribution in [1.82, 2.24) is 0 Å². The molecule has 0 atom stereocenters. The maximum Gasteiger partial charge on any atom is -0.0349 e. The summed E-state index contributed by atoms with van der Waals surface area (Å²) in [5, 5.41) is 0. The summed E-state index contributed by atoms with van der Waals surface area (Å²) in [6, 6.07) is 0. The van der Waals surface area contributed by atoms with Gasteiger partial charge in [0.05, 0.1) is 0 Å². The van der Waals surface area contributed by atoms with Crippen molar-refractivity contribution in [3.8, 4) is 0 Å². The molecule has 0 bridgehead atoms. The van der Waals surface area contributed by atoms with Gasteiger partial charge in [0.2, 0.25) is 0 Å². The molecular formula is C76H168. The second-order valence-corrected chi connectivity index (χ2v) is 28.1. The maximum atomic E-state index is 2.39. The van der Waals surface area contributed by atoms with Crippen LogP contribution in [0.5, 0.6) is 0 Å². The SMILES string of the molecule is CC.CC.CC.CC.CC.CC.CC.CC.CC1CC(C)(C)C1.CC1CC(C)(C)C1.CC1CC(C)C1.CC1CC(C)C1.CC1CCC(C)(C)CC1.CC1CCC(C)(C)CC1.CC1CCC(C)CC1.CC1CCC(C)CC1. The molecule has 472 valence electrons. The Balaban J connectivity index is -0.000000112. The fourth-order valence-corrected chi connectivity index (χ4v) is 12.2. The molecule has 0 aromatic heterocycles. The second kappa shape index (κ2) is 58.2. The average molecular weight is 1080 g/mol. The lowest BCUT2D eigenvalue weighted by molar-refractivity contribution is 0.111. The van der Waals surface area contributed by atoms with Gasteiger partial charge in [-0.15, -0.1) is 0 Å². The van der Waals surface area contributed by atoms with E-state index >= 15 is 0 Å². The van der Waals surface area contributed by atoms with Gasteiger partial charge in [-0.3, -0.25) is 0 Å². The van der Waals surface area contributed by atoms with Gasteiger partial charge in [0, 0.05) is 0 Å². The van der Waals surface area contributed by atoms with E-state index in [-0.39, 0.29) is 0 Å². The monoisotopic (exact) mass is 1080 g/mol. The Morgan fingerprint density at radius 3 is 0.368 bits per heavy atom. The topological polar surface area (TPSA) is 0 Å². The lowest BCUT2D eigenvalue weighted by Crippen LogP contribution is -2.29. The molecule has 8 rings (SSSR count). The lowest BCUT2D eigenvalue weighted by atomic mass is 9.65. The van der Waals surface area contributed by atoms with Crippen molar-refractivity contribution >= 4 is 0 Å². The van der Waals surface area contributed by atoms with Crippen molar-refractivity contribution in [2.24, 2.45) is 92.7 Å². The van der Waals surface area contributed by atoms with Crippen molar-refractivity contribution in [3.63, 3.8) is 0 Å². The van der Waals surface area contributed by atoms with E-state index in [0.717, 1.165) is 71.0 Å². The summed E-state index contributed by atoms with van der Waals surface area (Å²) in [4.78, 5) is 0. The van der Waals surface area contributed by atoms with Crippen molar-refractivity contribution in [2.75, 3.05) is 0 Å². The zero-order valence-electron chi connectivity index (χ0n) is 61.9. The standard InChI is InChI=1S/2C9H18.2C8H16.2C7H14.2C6H12.8C2H6/c2*1-8-4-6-9(2,3)7-5-8;2*1-7-3-5-8(2)6-4-7;2*1-6-4-7(2,3)5-6;2*1-5-3-6(2)4-5;8*1-2/h2*8H,4-7H2,1-3H3;2*7-8H,3-6H2,1-2H3;2*6H,4-5H2,1-3H3;2*5-6H,3-4H2,1-2H3;8*1-2H3. The van der Waals surface area contributed by atoms with Crippen molar-refractivity contribution in [1.29, 1.82) is 0 Å². The molecule has 0 nitrogen and oxygen atoms in total. The van der Waals surface area contributed by atoms with E-state index in [1.54, 1.807) is 0 Å². The summed E-state index contributed by atoms with van der Waals surface area (Å²) in [5.41, 5.74) is 2.71. The molecule has 0 radical (unpaired) electrons. The van der Waals surface area contributed by atoms with Gasteiger partial charge in [-0.1, -0.05) is 326 Å². The molecule has 0 spiro atoms. The second-order valence-electron chi connectivity index (χ2n) is 28.1. The van der Waals surface area contributed by atoms with Crippen LogP contribution in [-0.4, -0.2) is 0 Å². The Bertz CT molecular complexity index is 878. The quantitative estimate of drug-likeness (QED) is 0.227. The van der Waals surface area contributed by atoms with Crippen LogP contribution in [0.25, 0.3) is 0 Å². The zero-order valence-corrected chi connectivity index (χ0v) is 61.9. The molecule has 8 aliphatic rings. The van der Waals surface area contributed by atoms with Gasteiger partial charge in [0.1, 0.15) is 0 Å². The maximum absolute atomic E-state index is 2.39. The van der Waals surface area contributed by atoms with Crippen LogP contribution in [0.2, 0.25) is 0 Å². The van der Waals surface area contributed by atoms with E-state index in [4.69, 9.17) is 0 Å². The smallest absolute Gasteiger partial charge is 0.0349 e. The van der Waals surface area contributed by atoms with E-state index in [1.807, 2.05) is 111 Å². The van der Waals surface area contributed by atoms with E-state index in [9.17, 15) is 0 Å². The summed E-state index contributed by atoms with van der Waals surface area (Å²) in [5.74, 6) is 12.3. The van der Waals surface area contributed by atoms with Crippen molar-refractivity contribution in [2.45, 2.75) is 403 Å². The zero-order chi connectivity index (χ0) is 61.9. The fourth-order valence-electron chi connectivity index (χ4n) is 12.2. The highest BCUT2D eigenvalue weighted by atomic mass is 14.4. The van der Waals surface area contributed by atoms with Crippen LogP contribution in [0.1, 0.15) is 403 Å². The highest BCUT2D eigenvalue weighted by Crippen LogP contribution is 2.45. The average Bonchev–Trinajstić information content (AvgIpc) is 3.37. The Labute approximate surface area is 493 Å². The first-order chi connectivity index (χ1) is 35.6. The molecule has 8 fully saturated rings. The molecule has 0 unspecified atom stereocenters. The van der Waals surface area contributed by atoms with E-state index < -0.39 is 0 Å². The van der Waals surface area contributed by atoms with Crippen LogP contribution < -0.4 is 0 Å². The van der Waals surface area contributed by atoms with Gasteiger partial charge < -0.3 is 0 Å². The van der Waals surface area contributed by atoms with Crippen molar-refractivity contribution < 1.29 is 0 Å². The molecule has 0 heteroatoms. The molecule has 0 heterocycles. The first kappa shape index (κ1) is 92.5. The van der Waals surface area contributed by atoms with Gasteiger partial charge >= 0.3 is 0 Å². The fraction of sp³-hybridized carbons (Fsp3) is 1.00. The Hall–Kier alpha value is 0. The predicted molar refractivity (Wildman–Crippen MR) is 367 cm³/mol. The third-order valence-corrected chi connectivity index (χ3v) is 16.7. The normalized spacial score (nSPS) is 28.3. The third-order valence-electron chi connectivity index (χ3n) is 16.7. The highest BCUT2D eigenvalue weighted by Gasteiger charge is 2.33. The van der Waals surface area contributed by atoms with E-state index in [1.165, 1.54) is 154 Å². The Morgan fingerprint density at radius 1 is 0.171 bits per heavy atom. The van der Waals surface area contributed by atoms with Gasteiger partial charge in [0.25, 0.3) is 0 Å². The van der Waals surface area contributed by atoms with Crippen LogP contribution in [-0.2, 0) is 0 Å². The van der Waals surface area contributed by atoms with Gasteiger partial charge in [-0.2, -0.15) is 0 Å². The molecular weight excluding hydrogens is 913 g/mol. The van der Waals surface area contributed by atoms with Crippen LogP contribution in [0, 0.1) is 92.7 Å². The number of hydrogen-bond acceptors (Lipinski definition) is 0. The van der Waals surface area contributed by atoms with Gasteiger partial charge in [0.15, 0.2) is 0 Å². The van der Waals surface area contributed by atoms with Crippen LogP contribution in [0.4, 0.5) is 0 Å². The largest absolute Gasteiger partial charge is 0.0683 e. The van der Waals surface area contributed by atoms with Crippen molar-refractivity contribution in [3.05, 3.63) is 0 Å². The van der Waals surface area contributed by atoms with Crippen LogP contribution in [0.3, 0.4) is 0 Å². The summed E-state index contributed by atoms with van der Waals surface area (Å²) in [6.07, 6.45) is 35.0. The third kappa shape index (κ3) is 61.6. The molecule has 0 aromatic rings. The molecule has 0 amide bonds. The molecule has 0 aliphatic heterocycles. The molecule has 0 aromatic carbocycles. The molecule has 8 aliphatic carbocycles. The first-order valence-corrected chi connectivity index (χ1v) is 35.6. The van der Waals surface area contributed by atoms with E-state index in [0.29, 0.717) is 21.7 Å². The van der Waals surface area contributed by atoms with E-state index in [2.05, 4.69) is 138 Å². The minimum atomic E-state index is 0.659. The predicted octanol–water partition coefficient (Wildman–Crippen LogP) is 29.3. The summed E-state index contributed by atoms with van der Waals surface area (Å²) < 4.78 is 0. The summed E-state index contributed by atoms with van der Waals surface area (Å²) in [6.45, 7) is 79.0.